The highest BCUT2D eigenvalue weighted by atomic mass is 32.2. The number of hydrogen-bond acceptors (Lipinski definition) is 6. The summed E-state index contributed by atoms with van der Waals surface area (Å²) in [5.74, 6) is -0.233. The fourth-order valence-electron chi connectivity index (χ4n) is 3.28. The maximum atomic E-state index is 13.2. The van der Waals surface area contributed by atoms with E-state index in [1.54, 1.807) is 20.4 Å². The van der Waals surface area contributed by atoms with E-state index in [2.05, 4.69) is 15.5 Å². The van der Waals surface area contributed by atoms with Crippen LogP contribution in [0, 0.1) is 5.92 Å². The molecule has 0 bridgehead atoms. The summed E-state index contributed by atoms with van der Waals surface area (Å²) >= 11 is 2.34. The number of nitrogens with one attached hydrogen (secondary N) is 1. The van der Waals surface area contributed by atoms with E-state index in [4.69, 9.17) is 0 Å². The molecule has 0 aliphatic heterocycles. The third-order valence-electron chi connectivity index (χ3n) is 4.57. The van der Waals surface area contributed by atoms with E-state index in [0.29, 0.717) is 27.7 Å². The first-order valence-corrected chi connectivity index (χ1v) is 11.5. The topological polar surface area (TPSA) is 81.3 Å². The van der Waals surface area contributed by atoms with Gasteiger partial charge in [0.1, 0.15) is 4.70 Å². The lowest BCUT2D eigenvalue weighted by atomic mass is 10.1. The zero-order valence-corrected chi connectivity index (χ0v) is 18.6. The van der Waals surface area contributed by atoms with Crippen LogP contribution >= 0.6 is 23.1 Å². The SMILES string of the molecule is CC(C)Cn1c(=O)c2sccc2n2c(SCC(=O)Nc3ccccc3C(F)(F)F)nnc12. The van der Waals surface area contributed by atoms with Crippen molar-refractivity contribution < 1.29 is 18.0 Å². The predicted octanol–water partition coefficient (Wildman–Crippen LogP) is 4.51. The molecule has 4 aromatic rings. The molecule has 0 spiro atoms. The molecule has 1 amide bonds. The normalized spacial score (nSPS) is 12.2. The molecule has 3 heterocycles. The van der Waals surface area contributed by atoms with Gasteiger partial charge in [0.25, 0.3) is 5.56 Å². The molecule has 0 atom stereocenters. The largest absolute Gasteiger partial charge is 0.418 e. The van der Waals surface area contributed by atoms with Gasteiger partial charge >= 0.3 is 6.18 Å². The van der Waals surface area contributed by atoms with Crippen molar-refractivity contribution >= 4 is 50.7 Å². The summed E-state index contributed by atoms with van der Waals surface area (Å²) in [6, 6.07) is 6.58. The van der Waals surface area contributed by atoms with Gasteiger partial charge in [-0.15, -0.1) is 21.5 Å². The van der Waals surface area contributed by atoms with Crippen molar-refractivity contribution in [1.29, 1.82) is 0 Å². The lowest BCUT2D eigenvalue weighted by Gasteiger charge is -2.13. The number of para-hydroxylation sites is 1. The lowest BCUT2D eigenvalue weighted by Crippen LogP contribution is -2.24. The molecule has 0 fully saturated rings. The number of rotatable bonds is 6. The van der Waals surface area contributed by atoms with Crippen LogP contribution in [0.1, 0.15) is 19.4 Å². The number of benzene rings is 1. The lowest BCUT2D eigenvalue weighted by molar-refractivity contribution is -0.137. The Kier molecular flexibility index (Phi) is 5.99. The number of hydrogen-bond donors (Lipinski definition) is 1. The zero-order chi connectivity index (χ0) is 23.0. The number of aromatic nitrogens is 4. The second-order valence-corrected chi connectivity index (χ2v) is 9.30. The minimum Gasteiger partial charge on any atom is -0.325 e. The van der Waals surface area contributed by atoms with E-state index in [1.165, 1.54) is 29.5 Å². The molecule has 32 heavy (non-hydrogen) atoms. The number of amides is 1. The number of fused-ring (bicyclic) bond motifs is 3. The number of carbonyl (C=O) groups excluding carboxylic acids is 1. The van der Waals surface area contributed by atoms with Crippen LogP contribution in [-0.2, 0) is 17.5 Å². The molecular weight excluding hydrogens is 463 g/mol. The van der Waals surface area contributed by atoms with Crippen molar-refractivity contribution in [2.75, 3.05) is 11.1 Å². The van der Waals surface area contributed by atoms with Gasteiger partial charge in [-0.1, -0.05) is 37.7 Å². The van der Waals surface area contributed by atoms with Gasteiger partial charge in [-0.05, 0) is 29.5 Å². The van der Waals surface area contributed by atoms with Gasteiger partial charge in [0.05, 0.1) is 22.5 Å². The van der Waals surface area contributed by atoms with Gasteiger partial charge in [0.15, 0.2) is 5.16 Å². The number of halogens is 3. The van der Waals surface area contributed by atoms with E-state index in [0.717, 1.165) is 17.8 Å². The molecule has 4 rings (SSSR count). The van der Waals surface area contributed by atoms with Crippen molar-refractivity contribution in [3.8, 4) is 0 Å². The van der Waals surface area contributed by atoms with Gasteiger partial charge in [-0.3, -0.25) is 18.6 Å². The second kappa shape index (κ2) is 8.58. The summed E-state index contributed by atoms with van der Waals surface area (Å²) in [6.07, 6.45) is -4.58. The summed E-state index contributed by atoms with van der Waals surface area (Å²) in [7, 11) is 0. The monoisotopic (exact) mass is 481 g/mol. The van der Waals surface area contributed by atoms with Gasteiger partial charge < -0.3 is 5.32 Å². The predicted molar refractivity (Wildman–Crippen MR) is 118 cm³/mol. The summed E-state index contributed by atoms with van der Waals surface area (Å²) < 4.78 is 43.3. The highest BCUT2D eigenvalue weighted by Crippen LogP contribution is 2.34. The van der Waals surface area contributed by atoms with Gasteiger partial charge in [0, 0.05) is 6.54 Å². The Labute approximate surface area is 188 Å². The summed E-state index contributed by atoms with van der Waals surface area (Å²) in [4.78, 5) is 25.3. The third-order valence-corrected chi connectivity index (χ3v) is 6.39. The molecule has 0 saturated heterocycles. The van der Waals surface area contributed by atoms with Crippen molar-refractivity contribution in [1.82, 2.24) is 19.2 Å². The number of thioether (sulfide) groups is 1. The van der Waals surface area contributed by atoms with Crippen LogP contribution in [0.15, 0.2) is 45.7 Å². The highest BCUT2D eigenvalue weighted by Gasteiger charge is 2.33. The Balaban J connectivity index is 1.62. The molecule has 0 aliphatic rings. The Morgan fingerprint density at radius 2 is 1.97 bits per heavy atom. The Hall–Kier alpha value is -2.86. The first-order valence-electron chi connectivity index (χ1n) is 9.61. The minimum absolute atomic E-state index is 0.151. The summed E-state index contributed by atoms with van der Waals surface area (Å²) in [5, 5.41) is 12.8. The van der Waals surface area contributed by atoms with Gasteiger partial charge in [0.2, 0.25) is 11.7 Å². The first-order chi connectivity index (χ1) is 15.2. The van der Waals surface area contributed by atoms with Crippen molar-refractivity contribution in [3.05, 3.63) is 51.6 Å². The average molecular weight is 482 g/mol. The quantitative estimate of drug-likeness (QED) is 0.410. The maximum Gasteiger partial charge on any atom is 0.418 e. The summed E-state index contributed by atoms with van der Waals surface area (Å²) in [6.45, 7) is 4.42. The van der Waals surface area contributed by atoms with Crippen LogP contribution in [0.3, 0.4) is 0 Å². The van der Waals surface area contributed by atoms with Crippen molar-refractivity contribution in [3.63, 3.8) is 0 Å². The van der Waals surface area contributed by atoms with Crippen LogP contribution in [0.5, 0.6) is 0 Å². The Bertz CT molecular complexity index is 1360. The summed E-state index contributed by atoms with van der Waals surface area (Å²) in [5.41, 5.74) is -0.737. The van der Waals surface area contributed by atoms with Crippen molar-refractivity contribution in [2.45, 2.75) is 31.7 Å². The van der Waals surface area contributed by atoms with E-state index in [-0.39, 0.29) is 22.9 Å². The average Bonchev–Trinajstić information content (AvgIpc) is 3.36. The Morgan fingerprint density at radius 1 is 1.22 bits per heavy atom. The fourth-order valence-corrected chi connectivity index (χ4v) is 4.84. The third kappa shape index (κ3) is 4.24. The number of carbonyl (C=O) groups is 1. The Morgan fingerprint density at radius 3 is 2.69 bits per heavy atom. The fraction of sp³-hybridized carbons (Fsp3) is 0.300. The number of anilines is 1. The second-order valence-electron chi connectivity index (χ2n) is 7.44. The standard InChI is InChI=1S/C20H18F3N5O2S2/c1-11(2)9-27-17(30)16-14(7-8-31-16)28-18(27)25-26-19(28)32-10-15(29)24-13-6-4-3-5-12(13)20(21,22)23/h3-8,11H,9-10H2,1-2H3,(H,24,29). The van der Waals surface area contributed by atoms with Crippen LogP contribution in [0.4, 0.5) is 18.9 Å². The van der Waals surface area contributed by atoms with Crippen LogP contribution in [0.2, 0.25) is 0 Å². The number of thiophene rings is 1. The first kappa shape index (κ1) is 22.3. The molecule has 0 saturated carbocycles. The van der Waals surface area contributed by atoms with E-state index in [1.807, 2.05) is 13.8 Å². The molecule has 3 aromatic heterocycles. The molecule has 1 N–H and O–H groups in total. The molecule has 1 aromatic carbocycles. The molecule has 0 radical (unpaired) electrons. The molecule has 0 aliphatic carbocycles. The van der Waals surface area contributed by atoms with E-state index < -0.39 is 17.6 Å². The smallest absolute Gasteiger partial charge is 0.325 e. The van der Waals surface area contributed by atoms with Crippen LogP contribution < -0.4 is 10.9 Å². The molecular formula is C20H18F3N5O2S2. The maximum absolute atomic E-state index is 13.2. The number of nitrogens with zero attached hydrogens (tertiary/aromatic N) is 4. The highest BCUT2D eigenvalue weighted by molar-refractivity contribution is 7.99. The molecule has 12 heteroatoms. The number of alkyl halides is 3. The van der Waals surface area contributed by atoms with Gasteiger partial charge in [-0.2, -0.15) is 13.2 Å². The van der Waals surface area contributed by atoms with Gasteiger partial charge in [-0.25, -0.2) is 0 Å². The minimum atomic E-state index is -4.58. The van der Waals surface area contributed by atoms with Crippen molar-refractivity contribution in [2.24, 2.45) is 5.92 Å². The van der Waals surface area contributed by atoms with Crippen LogP contribution in [0.25, 0.3) is 16.0 Å². The zero-order valence-electron chi connectivity index (χ0n) is 17.0. The molecule has 7 nitrogen and oxygen atoms in total. The molecule has 168 valence electrons. The van der Waals surface area contributed by atoms with Crippen LogP contribution in [-0.4, -0.2) is 30.8 Å². The van der Waals surface area contributed by atoms with E-state index >= 15 is 0 Å². The molecule has 0 unspecified atom stereocenters. The van der Waals surface area contributed by atoms with E-state index in [9.17, 15) is 22.8 Å².